The van der Waals surface area contributed by atoms with E-state index in [9.17, 15) is 14.4 Å². The fourth-order valence-corrected chi connectivity index (χ4v) is 4.41. The molecule has 2 aliphatic rings. The third kappa shape index (κ3) is 3.35. The summed E-state index contributed by atoms with van der Waals surface area (Å²) in [5.74, 6) is -1.44. The van der Waals surface area contributed by atoms with Crippen LogP contribution in [0.5, 0.6) is 0 Å². The van der Waals surface area contributed by atoms with E-state index in [0.29, 0.717) is 10.7 Å². The number of carbonyl (C=O) groups excluding carboxylic acids is 3. The second-order valence-corrected chi connectivity index (χ2v) is 8.34. The van der Waals surface area contributed by atoms with Crippen LogP contribution in [0.4, 0.5) is 5.69 Å². The molecule has 4 rings (SSSR count). The fourth-order valence-electron chi connectivity index (χ4n) is 4.28. The van der Waals surface area contributed by atoms with E-state index in [0.717, 1.165) is 25.7 Å². The number of carbonyl (C=O) groups is 3. The van der Waals surface area contributed by atoms with Gasteiger partial charge in [-0.25, -0.2) is 9.78 Å². The first kappa shape index (κ1) is 20.4. The summed E-state index contributed by atoms with van der Waals surface area (Å²) in [5.41, 5.74) is -0.673. The Balaban J connectivity index is 1.79. The van der Waals surface area contributed by atoms with E-state index in [4.69, 9.17) is 16.3 Å². The van der Waals surface area contributed by atoms with Gasteiger partial charge in [0, 0.05) is 16.8 Å². The monoisotopic (exact) mass is 430 g/mol. The number of amides is 2. The van der Waals surface area contributed by atoms with Crippen LogP contribution < -0.4 is 10.2 Å². The van der Waals surface area contributed by atoms with E-state index >= 15 is 0 Å². The van der Waals surface area contributed by atoms with E-state index in [-0.39, 0.29) is 29.9 Å². The Morgan fingerprint density at radius 2 is 1.90 bits per heavy atom. The summed E-state index contributed by atoms with van der Waals surface area (Å²) < 4.78 is 6.32. The number of imidazole rings is 1. The number of hydrogen-bond acceptors (Lipinski definition) is 5. The van der Waals surface area contributed by atoms with Gasteiger partial charge in [-0.3, -0.25) is 14.5 Å². The van der Waals surface area contributed by atoms with Gasteiger partial charge < -0.3 is 14.6 Å². The van der Waals surface area contributed by atoms with Crippen LogP contribution in [0.25, 0.3) is 0 Å². The van der Waals surface area contributed by atoms with Crippen molar-refractivity contribution in [3.63, 3.8) is 0 Å². The van der Waals surface area contributed by atoms with E-state index in [1.54, 1.807) is 35.8 Å². The quantitative estimate of drug-likeness (QED) is 0.753. The number of hydrogen-bond donors (Lipinski definition) is 1. The predicted octanol–water partition coefficient (Wildman–Crippen LogP) is 2.80. The van der Waals surface area contributed by atoms with Gasteiger partial charge in [-0.2, -0.15) is 0 Å². The average molecular weight is 431 g/mol. The summed E-state index contributed by atoms with van der Waals surface area (Å²) in [6.45, 7) is 1.88. The van der Waals surface area contributed by atoms with Crippen LogP contribution in [0.15, 0.2) is 30.6 Å². The molecule has 2 heterocycles. The van der Waals surface area contributed by atoms with Gasteiger partial charge in [0.1, 0.15) is 11.2 Å². The van der Waals surface area contributed by atoms with Crippen LogP contribution >= 0.6 is 11.6 Å². The third-order valence-corrected chi connectivity index (χ3v) is 6.11. The van der Waals surface area contributed by atoms with Gasteiger partial charge in [0.15, 0.2) is 5.69 Å². The van der Waals surface area contributed by atoms with E-state index in [2.05, 4.69) is 10.3 Å². The molecular formula is C21H23ClN4O4. The first-order chi connectivity index (χ1) is 14.3. The second kappa shape index (κ2) is 7.75. The number of nitrogens with zero attached hydrogens (tertiary/aromatic N) is 3. The molecule has 2 aromatic rings. The summed E-state index contributed by atoms with van der Waals surface area (Å²) in [5, 5.41) is 3.62. The highest BCUT2D eigenvalue weighted by atomic mass is 35.5. The largest absolute Gasteiger partial charge is 0.464 e. The molecule has 0 radical (unpaired) electrons. The molecule has 0 spiro atoms. The minimum atomic E-state index is -1.21. The zero-order chi connectivity index (χ0) is 21.5. The van der Waals surface area contributed by atoms with Gasteiger partial charge in [0.25, 0.3) is 5.91 Å². The van der Waals surface area contributed by atoms with Gasteiger partial charge in [-0.15, -0.1) is 0 Å². The van der Waals surface area contributed by atoms with Gasteiger partial charge in [-0.1, -0.05) is 24.4 Å². The van der Waals surface area contributed by atoms with Crippen LogP contribution in [0.2, 0.25) is 5.02 Å². The highest BCUT2D eigenvalue weighted by Crippen LogP contribution is 2.35. The van der Waals surface area contributed by atoms with Crippen molar-refractivity contribution in [3.05, 3.63) is 47.0 Å². The Bertz CT molecular complexity index is 997. The number of fused-ring (bicyclic) bond motifs is 1. The Hall–Kier alpha value is -2.87. The summed E-state index contributed by atoms with van der Waals surface area (Å²) in [7, 11) is 1.23. The minimum Gasteiger partial charge on any atom is -0.464 e. The van der Waals surface area contributed by atoms with Gasteiger partial charge in [0.2, 0.25) is 5.91 Å². The lowest BCUT2D eigenvalue weighted by atomic mass is 9.93. The summed E-state index contributed by atoms with van der Waals surface area (Å²) in [4.78, 5) is 44.7. The molecule has 1 N–H and O–H groups in total. The lowest BCUT2D eigenvalue weighted by molar-refractivity contribution is -0.127. The normalized spacial score (nSPS) is 21.4. The molecule has 1 aliphatic heterocycles. The van der Waals surface area contributed by atoms with E-state index in [1.807, 2.05) is 0 Å². The van der Waals surface area contributed by atoms with Crippen LogP contribution in [0.1, 0.15) is 53.6 Å². The topological polar surface area (TPSA) is 93.5 Å². The van der Waals surface area contributed by atoms with Crippen molar-refractivity contribution in [1.29, 1.82) is 0 Å². The molecule has 30 heavy (non-hydrogen) atoms. The van der Waals surface area contributed by atoms with E-state index in [1.165, 1.54) is 18.3 Å². The van der Waals surface area contributed by atoms with Crippen LogP contribution in [-0.4, -0.2) is 46.0 Å². The molecule has 1 atom stereocenters. The third-order valence-electron chi connectivity index (χ3n) is 5.86. The molecule has 0 saturated heterocycles. The maximum atomic E-state index is 13.6. The molecule has 158 valence electrons. The highest BCUT2D eigenvalue weighted by Gasteiger charge is 2.50. The number of rotatable bonds is 4. The molecule has 8 nitrogen and oxygen atoms in total. The molecule has 1 aliphatic carbocycles. The van der Waals surface area contributed by atoms with Crippen LogP contribution in [-0.2, 0) is 16.1 Å². The van der Waals surface area contributed by atoms with Crippen molar-refractivity contribution < 1.29 is 19.1 Å². The molecule has 1 aromatic heterocycles. The fraction of sp³-hybridized carbons (Fsp3) is 0.429. The average Bonchev–Trinajstić information content (AvgIpc) is 3.38. The SMILES string of the molecule is COC(=O)c1ncn2c1C(=O)N(c1ccc(Cl)cc1)C(C)(C(=O)NC1CCCC1)C2. The van der Waals surface area contributed by atoms with Crippen molar-refractivity contribution in [2.45, 2.75) is 50.7 Å². The molecular weight excluding hydrogens is 408 g/mol. The highest BCUT2D eigenvalue weighted by molar-refractivity contribution is 6.30. The Labute approximate surface area is 179 Å². The minimum absolute atomic E-state index is 0.0697. The molecule has 9 heteroatoms. The number of halogens is 1. The first-order valence-corrected chi connectivity index (χ1v) is 10.3. The van der Waals surface area contributed by atoms with Crippen molar-refractivity contribution in [3.8, 4) is 0 Å². The number of ether oxygens (including phenoxy) is 1. The molecule has 2 amide bonds. The van der Waals surface area contributed by atoms with Crippen molar-refractivity contribution in [1.82, 2.24) is 14.9 Å². The van der Waals surface area contributed by atoms with Gasteiger partial charge >= 0.3 is 5.97 Å². The summed E-state index contributed by atoms with van der Waals surface area (Å²) >= 11 is 6.03. The predicted molar refractivity (Wildman–Crippen MR) is 111 cm³/mol. The lowest BCUT2D eigenvalue weighted by Gasteiger charge is -2.44. The number of esters is 1. The number of methoxy groups -OCH3 is 1. The number of anilines is 1. The molecule has 1 saturated carbocycles. The number of nitrogens with one attached hydrogen (secondary N) is 1. The zero-order valence-corrected chi connectivity index (χ0v) is 17.6. The molecule has 0 bridgehead atoms. The van der Waals surface area contributed by atoms with Gasteiger partial charge in [-0.05, 0) is 44.0 Å². The molecule has 1 unspecified atom stereocenters. The molecule has 1 aromatic carbocycles. The van der Waals surface area contributed by atoms with Crippen molar-refractivity contribution >= 4 is 35.1 Å². The summed E-state index contributed by atoms with van der Waals surface area (Å²) in [6.07, 6.45) is 5.42. The van der Waals surface area contributed by atoms with Crippen molar-refractivity contribution in [2.75, 3.05) is 12.0 Å². The smallest absolute Gasteiger partial charge is 0.359 e. The maximum absolute atomic E-state index is 13.6. The van der Waals surface area contributed by atoms with Crippen LogP contribution in [0.3, 0.4) is 0 Å². The lowest BCUT2D eigenvalue weighted by Crippen LogP contribution is -2.65. The first-order valence-electron chi connectivity index (χ1n) is 9.89. The Morgan fingerprint density at radius 1 is 1.23 bits per heavy atom. The second-order valence-electron chi connectivity index (χ2n) is 7.91. The maximum Gasteiger partial charge on any atom is 0.359 e. The van der Waals surface area contributed by atoms with Crippen LogP contribution in [0, 0.1) is 0 Å². The Kier molecular flexibility index (Phi) is 5.27. The summed E-state index contributed by atoms with van der Waals surface area (Å²) in [6, 6.07) is 6.79. The van der Waals surface area contributed by atoms with E-state index < -0.39 is 17.4 Å². The number of aromatic nitrogens is 2. The number of benzene rings is 1. The Morgan fingerprint density at radius 3 is 2.53 bits per heavy atom. The zero-order valence-electron chi connectivity index (χ0n) is 16.9. The van der Waals surface area contributed by atoms with Crippen molar-refractivity contribution in [2.24, 2.45) is 0 Å². The van der Waals surface area contributed by atoms with Gasteiger partial charge in [0.05, 0.1) is 20.0 Å². The standard InChI is InChI=1S/C21H23ClN4O4/c1-21(20(29)24-14-5-3-4-6-14)11-25-12-23-16(19(28)30-2)17(25)18(27)26(21)15-9-7-13(22)8-10-15/h7-10,12,14H,3-6,11H2,1-2H3,(H,24,29). The molecule has 1 fully saturated rings.